The number of carbonyl (C=O) groups is 3. The molecule has 0 saturated carbocycles. The lowest BCUT2D eigenvalue weighted by Gasteiger charge is -2.38. The quantitative estimate of drug-likeness (QED) is 0.588. The monoisotopic (exact) mass is 471 g/mol. The van der Waals surface area contributed by atoms with Crippen molar-refractivity contribution in [3.8, 4) is 0 Å². The number of aryl methyl sites for hydroxylation is 2. The van der Waals surface area contributed by atoms with Gasteiger partial charge in [-0.05, 0) is 56.2 Å². The molecule has 3 fully saturated rings. The average Bonchev–Trinajstić information content (AvgIpc) is 3.28. The topological polar surface area (TPSA) is 108 Å². The van der Waals surface area contributed by atoms with Gasteiger partial charge in [-0.3, -0.25) is 14.4 Å². The van der Waals surface area contributed by atoms with Gasteiger partial charge in [0.05, 0.1) is 30.1 Å². The number of ether oxygens (including phenoxy) is 1. The molecular formula is C26H37N3O5. The molecule has 8 heteroatoms. The van der Waals surface area contributed by atoms with Crippen molar-refractivity contribution in [2.75, 3.05) is 19.0 Å². The first-order chi connectivity index (χ1) is 15.9. The van der Waals surface area contributed by atoms with Gasteiger partial charge in [0.25, 0.3) is 0 Å². The average molecular weight is 472 g/mol. The van der Waals surface area contributed by atoms with E-state index in [1.807, 2.05) is 59.7 Å². The molecule has 3 unspecified atom stereocenters. The summed E-state index contributed by atoms with van der Waals surface area (Å²) in [5, 5.41) is 16.0. The lowest BCUT2D eigenvalue weighted by molar-refractivity contribution is -0.150. The second kappa shape index (κ2) is 8.34. The van der Waals surface area contributed by atoms with Crippen LogP contribution in [0.4, 0.5) is 5.69 Å². The molecule has 1 aromatic carbocycles. The summed E-state index contributed by atoms with van der Waals surface area (Å²) in [7, 11) is 1.56. The number of aliphatic hydroxyl groups excluding tert-OH is 1. The molecule has 3 N–H and O–H groups in total. The molecule has 3 amide bonds. The number of hydrogen-bond acceptors (Lipinski definition) is 5. The van der Waals surface area contributed by atoms with Crippen LogP contribution < -0.4 is 10.6 Å². The minimum Gasteiger partial charge on any atom is -0.394 e. The summed E-state index contributed by atoms with van der Waals surface area (Å²) in [4.78, 5) is 42.6. The number of benzene rings is 1. The van der Waals surface area contributed by atoms with E-state index in [1.165, 1.54) is 4.90 Å². The van der Waals surface area contributed by atoms with Crippen molar-refractivity contribution < 1.29 is 24.2 Å². The molecule has 1 aromatic rings. The van der Waals surface area contributed by atoms with Crippen LogP contribution in [-0.4, -0.2) is 64.7 Å². The maximum atomic E-state index is 14.0. The highest BCUT2D eigenvalue weighted by Gasteiger charge is 2.80. The van der Waals surface area contributed by atoms with Crippen LogP contribution in [0.2, 0.25) is 0 Å². The molecular weight excluding hydrogens is 434 g/mol. The second-order valence-corrected chi connectivity index (χ2v) is 10.9. The summed E-state index contributed by atoms with van der Waals surface area (Å²) in [6.07, 6.45) is 0.491. The van der Waals surface area contributed by atoms with Gasteiger partial charge in [-0.2, -0.15) is 0 Å². The van der Waals surface area contributed by atoms with Gasteiger partial charge < -0.3 is 25.4 Å². The van der Waals surface area contributed by atoms with Gasteiger partial charge in [-0.15, -0.1) is 0 Å². The van der Waals surface area contributed by atoms with E-state index in [9.17, 15) is 19.5 Å². The third kappa shape index (κ3) is 3.29. The van der Waals surface area contributed by atoms with Crippen molar-refractivity contribution in [2.45, 2.75) is 71.2 Å². The normalized spacial score (nSPS) is 35.0. The first-order valence-electron chi connectivity index (χ1n) is 12.2. The summed E-state index contributed by atoms with van der Waals surface area (Å²) in [5.41, 5.74) is 0.609. The Hall–Kier alpha value is -2.45. The van der Waals surface area contributed by atoms with E-state index in [0.717, 1.165) is 11.1 Å². The lowest BCUT2D eigenvalue weighted by Crippen LogP contribution is -2.57. The van der Waals surface area contributed by atoms with E-state index in [-0.39, 0.29) is 36.2 Å². The minimum atomic E-state index is -1.13. The Labute approximate surface area is 201 Å². The van der Waals surface area contributed by atoms with Gasteiger partial charge in [-0.1, -0.05) is 32.9 Å². The molecule has 1 spiro atoms. The minimum absolute atomic E-state index is 0.0265. The number of fused-ring (bicyclic) bond motifs is 1. The van der Waals surface area contributed by atoms with Crippen molar-refractivity contribution in [3.63, 3.8) is 0 Å². The van der Waals surface area contributed by atoms with Gasteiger partial charge >= 0.3 is 0 Å². The van der Waals surface area contributed by atoms with E-state index < -0.39 is 35.1 Å². The summed E-state index contributed by atoms with van der Waals surface area (Å²) in [5.74, 6) is -2.51. The fourth-order valence-electron chi connectivity index (χ4n) is 6.58. The number of anilines is 1. The van der Waals surface area contributed by atoms with Gasteiger partial charge in [0.2, 0.25) is 17.7 Å². The van der Waals surface area contributed by atoms with Crippen LogP contribution in [0.5, 0.6) is 0 Å². The predicted octanol–water partition coefficient (Wildman–Crippen LogP) is 2.02. The van der Waals surface area contributed by atoms with Crippen molar-refractivity contribution in [3.05, 3.63) is 29.3 Å². The van der Waals surface area contributed by atoms with Crippen LogP contribution in [0, 0.1) is 37.5 Å². The molecule has 34 heavy (non-hydrogen) atoms. The zero-order valence-corrected chi connectivity index (χ0v) is 21.1. The fraction of sp³-hybridized carbons (Fsp3) is 0.654. The summed E-state index contributed by atoms with van der Waals surface area (Å²) < 4.78 is 6.65. The zero-order valence-electron chi connectivity index (χ0n) is 21.1. The van der Waals surface area contributed by atoms with Crippen molar-refractivity contribution in [2.24, 2.45) is 23.7 Å². The van der Waals surface area contributed by atoms with E-state index in [1.54, 1.807) is 7.05 Å². The standard InChI is InChI=1S/C26H37N3O5/c1-13(2)18(12-30)29-21(23(32)28-17-10-14(3)8-9-15(17)4)26-11-16(5)25(6,34-26)19(22(31)27-7)20(26)24(29)33/h8-10,13,16,18-21,30H,11-12H2,1-7H3,(H,27,31)(H,28,32)/t16?,18-,19-,20-,21?,25+,26?/m0/s1. The molecule has 0 radical (unpaired) electrons. The van der Waals surface area contributed by atoms with Gasteiger partial charge in [0.15, 0.2) is 0 Å². The Morgan fingerprint density at radius 1 is 1.26 bits per heavy atom. The molecule has 3 heterocycles. The number of carbonyl (C=O) groups excluding carboxylic acids is 3. The van der Waals surface area contributed by atoms with E-state index >= 15 is 0 Å². The Bertz CT molecular complexity index is 1030. The predicted molar refractivity (Wildman–Crippen MR) is 128 cm³/mol. The number of hydrogen-bond donors (Lipinski definition) is 3. The third-order valence-corrected chi connectivity index (χ3v) is 8.49. The lowest BCUT2D eigenvalue weighted by atomic mass is 9.62. The molecule has 8 nitrogen and oxygen atoms in total. The molecule has 4 rings (SSSR count). The first-order valence-corrected chi connectivity index (χ1v) is 12.2. The SMILES string of the molecule is CNC(=O)[C@@H]1[C@H]2C(=O)N([C@@H](CO)C(C)C)C(C(=O)Nc3cc(C)ccc3C)C23CC(C)[C@@]1(C)O3. The summed E-state index contributed by atoms with van der Waals surface area (Å²) >= 11 is 0. The first kappa shape index (κ1) is 24.7. The van der Waals surface area contributed by atoms with Gasteiger partial charge in [0.1, 0.15) is 11.6 Å². The smallest absolute Gasteiger partial charge is 0.250 e. The Morgan fingerprint density at radius 3 is 2.53 bits per heavy atom. The number of likely N-dealkylation sites (tertiary alicyclic amines) is 1. The molecule has 3 aliphatic rings. The van der Waals surface area contributed by atoms with Gasteiger partial charge in [-0.25, -0.2) is 0 Å². The molecule has 186 valence electrons. The largest absolute Gasteiger partial charge is 0.394 e. The van der Waals surface area contributed by atoms with E-state index in [0.29, 0.717) is 12.1 Å². The Balaban J connectivity index is 1.84. The highest BCUT2D eigenvalue weighted by atomic mass is 16.5. The molecule has 0 aromatic heterocycles. The molecule has 0 aliphatic carbocycles. The summed E-state index contributed by atoms with van der Waals surface area (Å²) in [6.45, 7) is 11.3. The maximum absolute atomic E-state index is 14.0. The van der Waals surface area contributed by atoms with Crippen molar-refractivity contribution in [1.82, 2.24) is 10.2 Å². The number of rotatable bonds is 6. The van der Waals surface area contributed by atoms with Crippen LogP contribution in [-0.2, 0) is 19.1 Å². The van der Waals surface area contributed by atoms with Crippen LogP contribution >= 0.6 is 0 Å². The zero-order chi connectivity index (χ0) is 25.2. The summed E-state index contributed by atoms with van der Waals surface area (Å²) in [6, 6.07) is 4.29. The Kier molecular flexibility index (Phi) is 6.05. The fourth-order valence-corrected chi connectivity index (χ4v) is 6.58. The number of aliphatic hydroxyl groups is 1. The number of nitrogens with one attached hydrogen (secondary N) is 2. The Morgan fingerprint density at radius 2 is 1.94 bits per heavy atom. The molecule has 3 aliphatic heterocycles. The van der Waals surface area contributed by atoms with Crippen LogP contribution in [0.15, 0.2) is 18.2 Å². The molecule has 2 bridgehead atoms. The third-order valence-electron chi connectivity index (χ3n) is 8.49. The number of nitrogens with zero attached hydrogens (tertiary/aromatic N) is 1. The van der Waals surface area contributed by atoms with Gasteiger partial charge in [0, 0.05) is 12.7 Å². The molecule has 7 atom stereocenters. The highest BCUT2D eigenvalue weighted by molar-refractivity contribution is 6.04. The number of amides is 3. The van der Waals surface area contributed by atoms with E-state index in [2.05, 4.69) is 10.6 Å². The highest BCUT2D eigenvalue weighted by Crippen LogP contribution is 2.65. The van der Waals surface area contributed by atoms with Crippen LogP contribution in [0.25, 0.3) is 0 Å². The maximum Gasteiger partial charge on any atom is 0.250 e. The second-order valence-electron chi connectivity index (χ2n) is 10.9. The molecule has 3 saturated heterocycles. The van der Waals surface area contributed by atoms with Crippen molar-refractivity contribution in [1.29, 1.82) is 0 Å². The van der Waals surface area contributed by atoms with E-state index in [4.69, 9.17) is 4.74 Å². The van der Waals surface area contributed by atoms with Crippen LogP contribution in [0.1, 0.15) is 45.2 Å². The van der Waals surface area contributed by atoms with Crippen LogP contribution in [0.3, 0.4) is 0 Å². The van der Waals surface area contributed by atoms with Crippen molar-refractivity contribution >= 4 is 23.4 Å².